The van der Waals surface area contributed by atoms with E-state index in [0.29, 0.717) is 42.0 Å². The Morgan fingerprint density at radius 2 is 1.84 bits per heavy atom. The minimum Gasteiger partial charge on any atom is -0.473 e. The molecule has 0 aliphatic heterocycles. The molecule has 0 saturated heterocycles. The quantitative estimate of drug-likeness (QED) is 0.332. The minimum absolute atomic E-state index is 0.165. The van der Waals surface area contributed by atoms with Crippen molar-refractivity contribution in [3.8, 4) is 11.7 Å². The molecule has 0 atom stereocenters. The zero-order valence-corrected chi connectivity index (χ0v) is 20.5. The molecule has 1 aromatic carbocycles. The monoisotopic (exact) mass is 490 g/mol. The van der Waals surface area contributed by atoms with Gasteiger partial charge in [-0.05, 0) is 55.2 Å². The van der Waals surface area contributed by atoms with Gasteiger partial charge in [-0.25, -0.2) is 15.0 Å². The second-order valence-electron chi connectivity index (χ2n) is 9.21. The Kier molecular flexibility index (Phi) is 6.06. The van der Waals surface area contributed by atoms with Crippen molar-refractivity contribution in [1.29, 1.82) is 0 Å². The second-order valence-corrected chi connectivity index (χ2v) is 9.21. The number of hydrogen-bond acceptors (Lipinski definition) is 6. The van der Waals surface area contributed by atoms with Crippen molar-refractivity contribution in [2.75, 3.05) is 0 Å². The van der Waals surface area contributed by atoms with Gasteiger partial charge in [0.1, 0.15) is 6.61 Å². The smallest absolute Gasteiger partial charge is 0.252 e. The molecule has 4 heterocycles. The standard InChI is InChI=1S/C29H26N6O2/c1-19-27-23(16-24(22-10-11-22)33-28(27)35(34-19)25-9-5-6-13-30-25)29(36)32-17-21-12-14-31-26(15-21)37-18-20-7-3-2-4-8-20/h2-9,12-16,22H,10-11,17-18H2,1H3,(H,32,36). The molecule has 6 rings (SSSR count). The van der Waals surface area contributed by atoms with Gasteiger partial charge in [0.15, 0.2) is 11.5 Å². The van der Waals surface area contributed by atoms with Crippen LogP contribution in [0.15, 0.2) is 79.1 Å². The number of nitrogens with zero attached hydrogens (tertiary/aromatic N) is 5. The molecule has 0 bridgehead atoms. The molecule has 1 aliphatic carbocycles. The molecule has 0 radical (unpaired) electrons. The molecule has 1 saturated carbocycles. The van der Waals surface area contributed by atoms with Crippen molar-refractivity contribution in [3.63, 3.8) is 0 Å². The summed E-state index contributed by atoms with van der Waals surface area (Å²) in [7, 11) is 0. The summed E-state index contributed by atoms with van der Waals surface area (Å²) in [6.45, 7) is 2.68. The molecule has 37 heavy (non-hydrogen) atoms. The topological polar surface area (TPSA) is 94.8 Å². The highest BCUT2D eigenvalue weighted by atomic mass is 16.5. The number of carbonyl (C=O) groups is 1. The second kappa shape index (κ2) is 9.81. The molecule has 0 unspecified atom stereocenters. The normalized spacial score (nSPS) is 13.0. The molecule has 4 aromatic heterocycles. The fourth-order valence-electron chi connectivity index (χ4n) is 4.36. The first-order chi connectivity index (χ1) is 18.2. The predicted molar refractivity (Wildman–Crippen MR) is 140 cm³/mol. The number of aryl methyl sites for hydroxylation is 1. The number of fused-ring (bicyclic) bond motifs is 1. The average Bonchev–Trinajstić information content (AvgIpc) is 3.75. The van der Waals surface area contributed by atoms with E-state index in [0.717, 1.165) is 40.7 Å². The summed E-state index contributed by atoms with van der Waals surface area (Å²) < 4.78 is 7.57. The predicted octanol–water partition coefficient (Wildman–Crippen LogP) is 4.91. The van der Waals surface area contributed by atoms with Gasteiger partial charge in [-0.1, -0.05) is 36.4 Å². The summed E-state index contributed by atoms with van der Waals surface area (Å²) >= 11 is 0. The lowest BCUT2D eigenvalue weighted by atomic mass is 10.1. The Labute approximate surface area is 214 Å². The van der Waals surface area contributed by atoms with Gasteiger partial charge >= 0.3 is 0 Å². The van der Waals surface area contributed by atoms with Crippen LogP contribution in [0.3, 0.4) is 0 Å². The summed E-state index contributed by atoms with van der Waals surface area (Å²) in [6, 6.07) is 21.3. The van der Waals surface area contributed by atoms with Crippen LogP contribution in [0.25, 0.3) is 16.9 Å². The van der Waals surface area contributed by atoms with E-state index in [-0.39, 0.29) is 5.91 Å². The fraction of sp³-hybridized carbons (Fsp3) is 0.207. The number of benzene rings is 1. The first-order valence-corrected chi connectivity index (χ1v) is 12.4. The molecule has 5 aromatic rings. The molecule has 0 spiro atoms. The SMILES string of the molecule is Cc1nn(-c2ccccn2)c2nc(C3CC3)cc(C(=O)NCc3ccnc(OCc4ccccc4)c3)c12. The summed E-state index contributed by atoms with van der Waals surface area (Å²) in [5, 5.41) is 8.50. The summed E-state index contributed by atoms with van der Waals surface area (Å²) in [5.74, 6) is 1.41. The number of amides is 1. The Morgan fingerprint density at radius 3 is 2.62 bits per heavy atom. The molecule has 1 amide bonds. The van der Waals surface area contributed by atoms with Gasteiger partial charge in [-0.3, -0.25) is 4.79 Å². The van der Waals surface area contributed by atoms with Gasteiger partial charge in [0.25, 0.3) is 5.91 Å². The lowest BCUT2D eigenvalue weighted by Gasteiger charge is -2.10. The summed E-state index contributed by atoms with van der Waals surface area (Å²) in [5.41, 5.74) is 4.88. The van der Waals surface area contributed by atoms with Gasteiger partial charge in [0.2, 0.25) is 5.88 Å². The Morgan fingerprint density at radius 1 is 1.00 bits per heavy atom. The minimum atomic E-state index is -0.165. The van der Waals surface area contributed by atoms with E-state index >= 15 is 0 Å². The molecular weight excluding hydrogens is 464 g/mol. The van der Waals surface area contributed by atoms with Gasteiger partial charge in [-0.15, -0.1) is 0 Å². The van der Waals surface area contributed by atoms with Crippen LogP contribution in [0.1, 0.15) is 51.6 Å². The van der Waals surface area contributed by atoms with Gasteiger partial charge in [0.05, 0.1) is 16.6 Å². The van der Waals surface area contributed by atoms with E-state index in [1.807, 2.05) is 73.7 Å². The van der Waals surface area contributed by atoms with Gasteiger partial charge in [0, 0.05) is 36.6 Å². The number of ether oxygens (including phenoxy) is 1. The highest BCUT2D eigenvalue weighted by Crippen LogP contribution is 2.40. The Hall–Kier alpha value is -4.59. The molecule has 184 valence electrons. The maximum absolute atomic E-state index is 13.5. The molecular formula is C29H26N6O2. The van der Waals surface area contributed by atoms with Crippen LogP contribution >= 0.6 is 0 Å². The maximum atomic E-state index is 13.5. The number of nitrogens with one attached hydrogen (secondary N) is 1. The largest absolute Gasteiger partial charge is 0.473 e. The third kappa shape index (κ3) is 4.91. The van der Waals surface area contributed by atoms with Crippen molar-refractivity contribution in [2.45, 2.75) is 38.8 Å². The van der Waals surface area contributed by atoms with E-state index in [2.05, 4.69) is 20.4 Å². The molecule has 1 aliphatic rings. The zero-order chi connectivity index (χ0) is 25.2. The number of carbonyl (C=O) groups excluding carboxylic acids is 1. The summed E-state index contributed by atoms with van der Waals surface area (Å²) in [6.07, 6.45) is 5.58. The van der Waals surface area contributed by atoms with E-state index in [9.17, 15) is 4.79 Å². The van der Waals surface area contributed by atoms with Crippen LogP contribution in [-0.2, 0) is 13.2 Å². The third-order valence-corrected chi connectivity index (χ3v) is 6.42. The first-order valence-electron chi connectivity index (χ1n) is 12.4. The van der Waals surface area contributed by atoms with E-state index < -0.39 is 0 Å². The highest BCUT2D eigenvalue weighted by molar-refractivity contribution is 6.06. The van der Waals surface area contributed by atoms with Crippen molar-refractivity contribution >= 4 is 16.9 Å². The number of pyridine rings is 3. The van der Waals surface area contributed by atoms with Crippen LogP contribution in [-0.4, -0.2) is 30.6 Å². The lowest BCUT2D eigenvalue weighted by molar-refractivity contribution is 0.0952. The zero-order valence-electron chi connectivity index (χ0n) is 20.5. The molecule has 1 fully saturated rings. The van der Waals surface area contributed by atoms with E-state index in [4.69, 9.17) is 9.72 Å². The fourth-order valence-corrected chi connectivity index (χ4v) is 4.36. The van der Waals surface area contributed by atoms with Crippen molar-refractivity contribution in [3.05, 3.63) is 107 Å². The first kappa shape index (κ1) is 22.8. The van der Waals surface area contributed by atoms with Gasteiger partial charge in [-0.2, -0.15) is 9.78 Å². The number of rotatable bonds is 8. The maximum Gasteiger partial charge on any atom is 0.252 e. The van der Waals surface area contributed by atoms with E-state index in [1.165, 1.54) is 0 Å². The molecule has 8 heteroatoms. The molecule has 8 nitrogen and oxygen atoms in total. The van der Waals surface area contributed by atoms with Crippen LogP contribution in [0.2, 0.25) is 0 Å². The number of aromatic nitrogens is 5. The van der Waals surface area contributed by atoms with Crippen LogP contribution in [0, 0.1) is 6.92 Å². The number of hydrogen-bond donors (Lipinski definition) is 1. The van der Waals surface area contributed by atoms with Crippen molar-refractivity contribution < 1.29 is 9.53 Å². The third-order valence-electron chi connectivity index (χ3n) is 6.42. The summed E-state index contributed by atoms with van der Waals surface area (Å²) in [4.78, 5) is 27.1. The Bertz CT molecular complexity index is 1560. The highest BCUT2D eigenvalue weighted by Gasteiger charge is 2.29. The van der Waals surface area contributed by atoms with Crippen molar-refractivity contribution in [1.82, 2.24) is 30.0 Å². The molecule has 1 N–H and O–H groups in total. The van der Waals surface area contributed by atoms with Crippen LogP contribution in [0.5, 0.6) is 5.88 Å². The Balaban J connectivity index is 1.24. The van der Waals surface area contributed by atoms with Crippen LogP contribution in [0.4, 0.5) is 0 Å². The lowest BCUT2D eigenvalue weighted by Crippen LogP contribution is -2.23. The van der Waals surface area contributed by atoms with Gasteiger partial charge < -0.3 is 10.1 Å². The van der Waals surface area contributed by atoms with E-state index in [1.54, 1.807) is 17.1 Å². The van der Waals surface area contributed by atoms with Crippen LogP contribution < -0.4 is 10.1 Å². The average molecular weight is 491 g/mol. The van der Waals surface area contributed by atoms with Crippen molar-refractivity contribution in [2.24, 2.45) is 0 Å².